The minimum atomic E-state index is -0.240. The molecule has 1 aromatic rings. The van der Waals surface area contributed by atoms with E-state index in [-0.39, 0.29) is 17.2 Å². The molecule has 0 spiro atoms. The van der Waals surface area contributed by atoms with Gasteiger partial charge in [0.1, 0.15) is 5.75 Å². The van der Waals surface area contributed by atoms with Crippen LogP contribution in [-0.4, -0.2) is 22.4 Å². The van der Waals surface area contributed by atoms with Gasteiger partial charge in [-0.15, -0.1) is 11.6 Å². The molecule has 0 saturated heterocycles. The number of aromatic hydroxyl groups is 1. The highest BCUT2D eigenvalue weighted by atomic mass is 35.5. The third kappa shape index (κ3) is 2.25. The Kier molecular flexibility index (Phi) is 3.29. The second-order valence-electron chi connectivity index (χ2n) is 4.67. The molecule has 0 radical (unpaired) electrons. The molecule has 1 amide bonds. The molecule has 0 heterocycles. The van der Waals surface area contributed by atoms with Crippen LogP contribution in [-0.2, 0) is 0 Å². The molecule has 1 fully saturated rings. The summed E-state index contributed by atoms with van der Waals surface area (Å²) in [4.78, 5) is 12.1. The van der Waals surface area contributed by atoms with E-state index in [4.69, 9.17) is 11.6 Å². The number of phenolic OH excluding ortho intramolecular Hbond substituents is 1. The molecule has 17 heavy (non-hydrogen) atoms. The molecule has 1 aliphatic rings. The first-order valence-corrected chi connectivity index (χ1v) is 6.28. The smallest absolute Gasteiger partial charge is 0.252 e. The first-order chi connectivity index (χ1) is 8.08. The lowest BCUT2D eigenvalue weighted by Crippen LogP contribution is -2.55. The number of hydrogen-bond donors (Lipinski definition) is 2. The van der Waals surface area contributed by atoms with Crippen molar-refractivity contribution in [2.75, 3.05) is 5.88 Å². The van der Waals surface area contributed by atoms with Crippen molar-refractivity contribution in [3.8, 4) is 5.75 Å². The predicted octanol–water partition coefficient (Wildman–Crippen LogP) is 2.59. The van der Waals surface area contributed by atoms with Crippen LogP contribution in [0.2, 0.25) is 0 Å². The van der Waals surface area contributed by atoms with Crippen LogP contribution < -0.4 is 5.32 Å². The number of benzene rings is 1. The molecule has 3 nitrogen and oxygen atoms in total. The summed E-state index contributed by atoms with van der Waals surface area (Å²) in [5.41, 5.74) is 0.881. The van der Waals surface area contributed by atoms with E-state index in [1.54, 1.807) is 25.1 Å². The van der Waals surface area contributed by atoms with Crippen LogP contribution in [0.25, 0.3) is 0 Å². The summed E-state index contributed by atoms with van der Waals surface area (Å²) in [7, 11) is 0. The fourth-order valence-electron chi connectivity index (χ4n) is 2.07. The van der Waals surface area contributed by atoms with Crippen molar-refractivity contribution in [3.05, 3.63) is 29.3 Å². The summed E-state index contributed by atoms with van der Waals surface area (Å²) in [6.07, 6.45) is 2.96. The van der Waals surface area contributed by atoms with E-state index in [1.165, 1.54) is 0 Å². The van der Waals surface area contributed by atoms with Gasteiger partial charge in [0.05, 0.1) is 5.54 Å². The van der Waals surface area contributed by atoms with Gasteiger partial charge in [-0.05, 0) is 38.3 Å². The number of halogens is 1. The third-order valence-corrected chi connectivity index (χ3v) is 4.01. The third-order valence-electron chi connectivity index (χ3n) is 3.49. The largest absolute Gasteiger partial charge is 0.508 e. The summed E-state index contributed by atoms with van der Waals surface area (Å²) in [5, 5.41) is 12.6. The van der Waals surface area contributed by atoms with E-state index in [0.29, 0.717) is 17.0 Å². The number of phenols is 1. The summed E-state index contributed by atoms with van der Waals surface area (Å²) in [5.74, 6) is 0.432. The van der Waals surface area contributed by atoms with Crippen molar-refractivity contribution in [3.63, 3.8) is 0 Å². The topological polar surface area (TPSA) is 49.3 Å². The number of rotatable bonds is 3. The molecular weight excluding hydrogens is 238 g/mol. The van der Waals surface area contributed by atoms with E-state index in [9.17, 15) is 9.90 Å². The highest BCUT2D eigenvalue weighted by Gasteiger charge is 2.37. The molecule has 0 unspecified atom stereocenters. The van der Waals surface area contributed by atoms with Gasteiger partial charge >= 0.3 is 0 Å². The van der Waals surface area contributed by atoms with Gasteiger partial charge in [0.15, 0.2) is 0 Å². The highest BCUT2D eigenvalue weighted by molar-refractivity contribution is 6.19. The Morgan fingerprint density at radius 3 is 2.76 bits per heavy atom. The summed E-state index contributed by atoms with van der Waals surface area (Å²) < 4.78 is 0. The molecule has 1 aromatic carbocycles. The Balaban J connectivity index is 2.17. The maximum atomic E-state index is 12.1. The van der Waals surface area contributed by atoms with Gasteiger partial charge in [0.25, 0.3) is 5.91 Å². The average Bonchev–Trinajstić information content (AvgIpc) is 2.27. The minimum Gasteiger partial charge on any atom is -0.508 e. The van der Waals surface area contributed by atoms with Crippen molar-refractivity contribution in [1.29, 1.82) is 0 Å². The molecule has 92 valence electrons. The zero-order chi connectivity index (χ0) is 12.5. The number of nitrogens with one attached hydrogen (secondary N) is 1. The van der Waals surface area contributed by atoms with Gasteiger partial charge in [-0.2, -0.15) is 0 Å². The molecule has 1 aliphatic carbocycles. The number of carbonyl (C=O) groups is 1. The molecule has 0 aliphatic heterocycles. The van der Waals surface area contributed by atoms with Gasteiger partial charge in [-0.25, -0.2) is 0 Å². The molecular formula is C13H16ClNO2. The standard InChI is InChI=1S/C13H16ClNO2/c1-9-10(4-2-5-11(9)16)12(17)15-13(8-14)6-3-7-13/h2,4-5,16H,3,6-8H2,1H3,(H,15,17). The van der Waals surface area contributed by atoms with Crippen LogP contribution in [0.4, 0.5) is 0 Å². The van der Waals surface area contributed by atoms with E-state index < -0.39 is 0 Å². The predicted molar refractivity (Wildman–Crippen MR) is 67.6 cm³/mol. The number of alkyl halides is 1. The fraction of sp³-hybridized carbons (Fsp3) is 0.462. The normalized spacial score (nSPS) is 17.3. The molecule has 2 N–H and O–H groups in total. The lowest BCUT2D eigenvalue weighted by Gasteiger charge is -2.41. The van der Waals surface area contributed by atoms with Crippen molar-refractivity contribution in [2.24, 2.45) is 0 Å². The van der Waals surface area contributed by atoms with Gasteiger partial charge in [0, 0.05) is 17.0 Å². The van der Waals surface area contributed by atoms with Crippen LogP contribution in [0.3, 0.4) is 0 Å². The van der Waals surface area contributed by atoms with Crippen LogP contribution >= 0.6 is 11.6 Å². The maximum Gasteiger partial charge on any atom is 0.252 e. The van der Waals surface area contributed by atoms with Gasteiger partial charge in [0.2, 0.25) is 0 Å². The zero-order valence-electron chi connectivity index (χ0n) is 9.79. The Bertz CT molecular complexity index is 436. The van der Waals surface area contributed by atoms with Crippen LogP contribution in [0, 0.1) is 6.92 Å². The van der Waals surface area contributed by atoms with Crippen molar-refractivity contribution in [1.82, 2.24) is 5.32 Å². The van der Waals surface area contributed by atoms with Crippen molar-refractivity contribution < 1.29 is 9.90 Å². The summed E-state index contributed by atoms with van der Waals surface area (Å²) >= 11 is 5.90. The van der Waals surface area contributed by atoms with E-state index in [2.05, 4.69) is 5.32 Å². The van der Waals surface area contributed by atoms with Crippen LogP contribution in [0.5, 0.6) is 5.75 Å². The number of amides is 1. The quantitative estimate of drug-likeness (QED) is 0.814. The second-order valence-corrected chi connectivity index (χ2v) is 4.94. The van der Waals surface area contributed by atoms with Crippen molar-refractivity contribution >= 4 is 17.5 Å². The Morgan fingerprint density at radius 2 is 2.24 bits per heavy atom. The SMILES string of the molecule is Cc1c(O)cccc1C(=O)NC1(CCl)CCC1. The maximum absolute atomic E-state index is 12.1. The highest BCUT2D eigenvalue weighted by Crippen LogP contribution is 2.33. The molecule has 0 aromatic heterocycles. The van der Waals surface area contributed by atoms with Crippen LogP contribution in [0.15, 0.2) is 18.2 Å². The summed E-state index contributed by atoms with van der Waals surface area (Å²) in [6, 6.07) is 4.96. The van der Waals surface area contributed by atoms with E-state index in [0.717, 1.165) is 19.3 Å². The number of carbonyl (C=O) groups excluding carboxylic acids is 1. The lowest BCUT2D eigenvalue weighted by atomic mass is 9.78. The van der Waals surface area contributed by atoms with E-state index in [1.807, 2.05) is 0 Å². The van der Waals surface area contributed by atoms with Gasteiger partial charge < -0.3 is 10.4 Å². The molecule has 0 atom stereocenters. The Labute approximate surface area is 106 Å². The summed E-state index contributed by atoms with van der Waals surface area (Å²) in [6.45, 7) is 1.73. The fourth-order valence-corrected chi connectivity index (χ4v) is 2.41. The minimum absolute atomic E-state index is 0.145. The monoisotopic (exact) mass is 253 g/mol. The Hall–Kier alpha value is -1.22. The van der Waals surface area contributed by atoms with Crippen molar-refractivity contribution in [2.45, 2.75) is 31.7 Å². The Morgan fingerprint density at radius 1 is 1.53 bits per heavy atom. The van der Waals surface area contributed by atoms with Gasteiger partial charge in [-0.3, -0.25) is 4.79 Å². The number of hydrogen-bond acceptors (Lipinski definition) is 2. The molecule has 1 saturated carbocycles. The van der Waals surface area contributed by atoms with Crippen LogP contribution in [0.1, 0.15) is 35.2 Å². The molecule has 4 heteroatoms. The zero-order valence-corrected chi connectivity index (χ0v) is 10.5. The molecule has 0 bridgehead atoms. The van der Waals surface area contributed by atoms with Gasteiger partial charge in [-0.1, -0.05) is 6.07 Å². The average molecular weight is 254 g/mol. The second kappa shape index (κ2) is 4.57. The first-order valence-electron chi connectivity index (χ1n) is 5.75. The molecule has 2 rings (SSSR count). The van der Waals surface area contributed by atoms with E-state index >= 15 is 0 Å². The first kappa shape index (κ1) is 12.2. The lowest BCUT2D eigenvalue weighted by molar-refractivity contribution is 0.0852.